The zero-order valence-corrected chi connectivity index (χ0v) is 11.7. The van der Waals surface area contributed by atoms with Crippen molar-refractivity contribution >= 4 is 33.3 Å². The number of pyridine rings is 1. The zero-order chi connectivity index (χ0) is 12.0. The lowest BCUT2D eigenvalue weighted by molar-refractivity contribution is 0.224. The molecule has 0 saturated heterocycles. The number of nitrogens with zero attached hydrogens (tertiary/aromatic N) is 1. The van der Waals surface area contributed by atoms with E-state index in [-0.39, 0.29) is 12.0 Å². The predicted molar refractivity (Wildman–Crippen MR) is 71.5 cm³/mol. The molecule has 1 aliphatic carbocycles. The van der Waals surface area contributed by atoms with Crippen molar-refractivity contribution in [3.8, 4) is 0 Å². The molecule has 2 atom stereocenters. The summed E-state index contributed by atoms with van der Waals surface area (Å²) >= 11 is 9.85. The van der Waals surface area contributed by atoms with Crippen LogP contribution in [0.1, 0.15) is 24.8 Å². The molecule has 0 bridgehead atoms. The molecule has 92 valence electrons. The molecule has 0 radical (unpaired) electrons. The molecule has 2 aliphatic rings. The van der Waals surface area contributed by atoms with Crippen LogP contribution in [0.5, 0.6) is 0 Å². The second-order valence-corrected chi connectivity index (χ2v) is 6.30. The van der Waals surface area contributed by atoms with Gasteiger partial charge in [0.25, 0.3) is 0 Å². The number of rotatable bonds is 1. The molecular weight excluding hydrogens is 304 g/mol. The van der Waals surface area contributed by atoms with E-state index in [4.69, 9.17) is 11.6 Å². The van der Waals surface area contributed by atoms with E-state index in [1.807, 2.05) is 0 Å². The third kappa shape index (κ3) is 1.69. The first-order chi connectivity index (χ1) is 8.16. The Balaban J connectivity index is 2.06. The molecule has 1 saturated carbocycles. The van der Waals surface area contributed by atoms with E-state index in [9.17, 15) is 5.11 Å². The fraction of sp³-hybridized carbons (Fsp3) is 0.583. The summed E-state index contributed by atoms with van der Waals surface area (Å²) in [4.78, 5) is 4.38. The van der Waals surface area contributed by atoms with E-state index < -0.39 is 0 Å². The van der Waals surface area contributed by atoms with Gasteiger partial charge >= 0.3 is 0 Å². The van der Waals surface area contributed by atoms with Gasteiger partial charge in [-0.1, -0.05) is 11.6 Å². The highest BCUT2D eigenvalue weighted by molar-refractivity contribution is 9.10. The van der Waals surface area contributed by atoms with Gasteiger partial charge in [-0.05, 0) is 41.1 Å². The number of aromatic nitrogens is 1. The highest BCUT2D eigenvalue weighted by Crippen LogP contribution is 2.52. The Morgan fingerprint density at radius 2 is 2.47 bits per heavy atom. The normalized spacial score (nSPS) is 30.6. The summed E-state index contributed by atoms with van der Waals surface area (Å²) in [6.07, 6.45) is 4.89. The maximum absolute atomic E-state index is 9.30. The summed E-state index contributed by atoms with van der Waals surface area (Å²) in [5, 5.41) is 13.4. The Morgan fingerprint density at radius 3 is 3.18 bits per heavy atom. The average molecular weight is 318 g/mol. The van der Waals surface area contributed by atoms with Crippen LogP contribution >= 0.6 is 27.5 Å². The minimum absolute atomic E-state index is 0.0800. The van der Waals surface area contributed by atoms with Gasteiger partial charge in [0.05, 0.1) is 9.50 Å². The van der Waals surface area contributed by atoms with Crippen molar-refractivity contribution in [2.45, 2.75) is 24.7 Å². The average Bonchev–Trinajstić information content (AvgIpc) is 2.90. The van der Waals surface area contributed by atoms with Gasteiger partial charge < -0.3 is 10.4 Å². The smallest absolute Gasteiger partial charge is 0.131 e. The lowest BCUT2D eigenvalue weighted by Gasteiger charge is -2.24. The molecule has 1 aromatic heterocycles. The van der Waals surface area contributed by atoms with Gasteiger partial charge in [0.2, 0.25) is 0 Å². The van der Waals surface area contributed by atoms with Crippen molar-refractivity contribution in [1.82, 2.24) is 4.98 Å². The number of hydrogen-bond acceptors (Lipinski definition) is 3. The number of aliphatic hydroxyl groups excluding tert-OH is 1. The number of fused-ring (bicyclic) bond motifs is 2. The summed E-state index contributed by atoms with van der Waals surface area (Å²) in [5.74, 6) is 1.31. The third-order valence-electron chi connectivity index (χ3n) is 4.07. The third-order valence-corrected chi connectivity index (χ3v) is 5.29. The van der Waals surface area contributed by atoms with Crippen molar-refractivity contribution < 1.29 is 5.11 Å². The van der Waals surface area contributed by atoms with Crippen LogP contribution in [0, 0.1) is 5.92 Å². The topological polar surface area (TPSA) is 45.1 Å². The maximum atomic E-state index is 9.30. The standard InChI is InChI=1S/C12H14BrClN2O/c13-8-4-15-11-9(10(8)14)12(6-16-11)2-1-7(3-12)5-17/h4,7,17H,1-3,5-6H2,(H,15,16). The van der Waals surface area contributed by atoms with E-state index in [1.54, 1.807) is 6.20 Å². The Morgan fingerprint density at radius 1 is 1.65 bits per heavy atom. The summed E-state index contributed by atoms with van der Waals surface area (Å²) in [7, 11) is 0. The van der Waals surface area contributed by atoms with Gasteiger partial charge in [-0.15, -0.1) is 0 Å². The molecule has 0 aromatic carbocycles. The Kier molecular flexibility index (Phi) is 2.84. The van der Waals surface area contributed by atoms with Crippen molar-refractivity contribution in [1.29, 1.82) is 0 Å². The van der Waals surface area contributed by atoms with Gasteiger partial charge in [-0.25, -0.2) is 4.98 Å². The van der Waals surface area contributed by atoms with Crippen LogP contribution in [0.4, 0.5) is 5.82 Å². The molecular formula is C12H14BrClN2O. The molecule has 3 rings (SSSR count). The van der Waals surface area contributed by atoms with E-state index in [2.05, 4.69) is 26.2 Å². The number of halogens is 2. The highest BCUT2D eigenvalue weighted by Gasteiger charge is 2.47. The van der Waals surface area contributed by atoms with E-state index in [1.165, 1.54) is 0 Å². The van der Waals surface area contributed by atoms with E-state index >= 15 is 0 Å². The van der Waals surface area contributed by atoms with Crippen LogP contribution in [-0.4, -0.2) is 23.2 Å². The first-order valence-corrected chi connectivity index (χ1v) is 7.02. The fourth-order valence-electron chi connectivity index (χ4n) is 3.21. The number of aliphatic hydroxyl groups is 1. The molecule has 2 unspecified atom stereocenters. The summed E-state index contributed by atoms with van der Waals surface area (Å²) in [6.45, 7) is 1.16. The molecule has 2 heterocycles. The summed E-state index contributed by atoms with van der Waals surface area (Å²) in [6, 6.07) is 0. The van der Waals surface area contributed by atoms with Crippen LogP contribution in [0.3, 0.4) is 0 Å². The van der Waals surface area contributed by atoms with Crippen LogP contribution in [-0.2, 0) is 5.41 Å². The molecule has 0 amide bonds. The van der Waals surface area contributed by atoms with E-state index in [0.29, 0.717) is 5.92 Å². The summed E-state index contributed by atoms with van der Waals surface area (Å²) in [5.41, 5.74) is 1.22. The molecule has 5 heteroatoms. The monoisotopic (exact) mass is 316 g/mol. The van der Waals surface area contributed by atoms with Gasteiger partial charge in [0.15, 0.2) is 0 Å². The van der Waals surface area contributed by atoms with Gasteiger partial charge in [-0.2, -0.15) is 0 Å². The minimum Gasteiger partial charge on any atom is -0.396 e. The highest BCUT2D eigenvalue weighted by atomic mass is 79.9. The van der Waals surface area contributed by atoms with Crippen molar-refractivity contribution in [3.05, 3.63) is 21.3 Å². The Hall–Kier alpha value is -0.320. The van der Waals surface area contributed by atoms with Gasteiger partial charge in [0.1, 0.15) is 5.82 Å². The largest absolute Gasteiger partial charge is 0.396 e. The maximum Gasteiger partial charge on any atom is 0.131 e. The SMILES string of the molecule is OCC1CCC2(CNc3ncc(Br)c(Cl)c32)C1. The first-order valence-electron chi connectivity index (χ1n) is 5.85. The molecule has 2 N–H and O–H groups in total. The lowest BCUT2D eigenvalue weighted by atomic mass is 9.81. The van der Waals surface area contributed by atoms with Crippen LogP contribution < -0.4 is 5.32 Å². The Labute approximate surface area is 114 Å². The molecule has 17 heavy (non-hydrogen) atoms. The van der Waals surface area contributed by atoms with Crippen molar-refractivity contribution in [3.63, 3.8) is 0 Å². The minimum atomic E-state index is 0.0800. The predicted octanol–water partition coefficient (Wildman–Crippen LogP) is 2.95. The van der Waals surface area contributed by atoms with Crippen LogP contribution in [0.2, 0.25) is 5.02 Å². The first kappa shape index (κ1) is 11.8. The Bertz CT molecular complexity index is 468. The number of anilines is 1. The molecule has 1 aromatic rings. The van der Waals surface area contributed by atoms with Crippen LogP contribution in [0.25, 0.3) is 0 Å². The zero-order valence-electron chi connectivity index (χ0n) is 9.34. The van der Waals surface area contributed by atoms with Crippen molar-refractivity contribution in [2.75, 3.05) is 18.5 Å². The van der Waals surface area contributed by atoms with Gasteiger partial charge in [-0.3, -0.25) is 0 Å². The number of hydrogen-bond donors (Lipinski definition) is 2. The second kappa shape index (κ2) is 4.11. The fourth-order valence-corrected chi connectivity index (χ4v) is 3.85. The van der Waals surface area contributed by atoms with Crippen molar-refractivity contribution in [2.24, 2.45) is 5.92 Å². The van der Waals surface area contributed by atoms with Gasteiger partial charge in [0, 0.05) is 30.3 Å². The summed E-state index contributed by atoms with van der Waals surface area (Å²) < 4.78 is 0.855. The molecule has 1 fully saturated rings. The lowest BCUT2D eigenvalue weighted by Crippen LogP contribution is -2.25. The second-order valence-electron chi connectivity index (χ2n) is 5.07. The quantitative estimate of drug-likeness (QED) is 0.837. The molecule has 1 aliphatic heterocycles. The van der Waals surface area contributed by atoms with Crippen LogP contribution in [0.15, 0.2) is 10.7 Å². The molecule has 3 nitrogen and oxygen atoms in total. The number of nitrogens with one attached hydrogen (secondary N) is 1. The molecule has 1 spiro atoms. The van der Waals surface area contributed by atoms with E-state index in [0.717, 1.165) is 46.7 Å².